The van der Waals surface area contributed by atoms with E-state index in [0.717, 1.165) is 12.0 Å². The molecule has 5 heteroatoms. The fourth-order valence-corrected chi connectivity index (χ4v) is 2.10. The molecule has 0 saturated heterocycles. The number of nitrogens with zero attached hydrogens (tertiary/aromatic N) is 1. The van der Waals surface area contributed by atoms with Crippen LogP contribution in [0.2, 0.25) is 0 Å². The van der Waals surface area contributed by atoms with Gasteiger partial charge < -0.3 is 9.47 Å². The highest BCUT2D eigenvalue weighted by Gasteiger charge is 2.30. The van der Waals surface area contributed by atoms with Crippen molar-refractivity contribution in [2.75, 3.05) is 20.3 Å². The first-order valence-electron chi connectivity index (χ1n) is 8.24. The predicted molar refractivity (Wildman–Crippen MR) is 92.2 cm³/mol. The molecule has 1 unspecified atom stereocenters. The topological polar surface area (TPSA) is 55.8 Å². The Balaban J connectivity index is 5.00. The quantitative estimate of drug-likeness (QED) is 0.476. The smallest absolute Gasteiger partial charge is 0.410 e. The van der Waals surface area contributed by atoms with Gasteiger partial charge in [0.25, 0.3) is 0 Å². The first-order valence-corrected chi connectivity index (χ1v) is 8.24. The molecule has 0 aliphatic rings. The molecule has 0 radical (unpaired) electrons. The maximum atomic E-state index is 12.4. The van der Waals surface area contributed by atoms with Crippen LogP contribution < -0.4 is 0 Å². The minimum atomic E-state index is -0.616. The van der Waals surface area contributed by atoms with Gasteiger partial charge in [-0.2, -0.15) is 0 Å². The average Bonchev–Trinajstić information content (AvgIpc) is 2.53. The first kappa shape index (κ1) is 21.2. The van der Waals surface area contributed by atoms with Crippen LogP contribution in [-0.4, -0.2) is 43.3 Å². The third kappa shape index (κ3) is 7.86. The summed E-state index contributed by atoms with van der Waals surface area (Å²) in [5, 5.41) is 0. The van der Waals surface area contributed by atoms with Gasteiger partial charge in [-0.1, -0.05) is 45.9 Å². The van der Waals surface area contributed by atoms with E-state index in [-0.39, 0.29) is 12.5 Å². The lowest BCUT2D eigenvalue weighted by Gasteiger charge is -2.29. The zero-order chi connectivity index (χ0) is 17.8. The van der Waals surface area contributed by atoms with Crippen molar-refractivity contribution >= 4 is 12.1 Å². The van der Waals surface area contributed by atoms with Crippen molar-refractivity contribution in [1.82, 2.24) is 4.90 Å². The zero-order valence-corrected chi connectivity index (χ0v) is 15.3. The lowest BCUT2D eigenvalue weighted by molar-refractivity contribution is -0.146. The summed E-state index contributed by atoms with van der Waals surface area (Å²) in [6, 6.07) is -0.616. The minimum Gasteiger partial charge on any atom is -0.467 e. The van der Waals surface area contributed by atoms with Crippen LogP contribution >= 0.6 is 0 Å². The summed E-state index contributed by atoms with van der Waals surface area (Å²) in [4.78, 5) is 25.8. The van der Waals surface area contributed by atoms with Crippen molar-refractivity contribution < 1.29 is 19.1 Å². The number of rotatable bonds is 9. The number of carbonyl (C=O) groups is 2. The van der Waals surface area contributed by atoms with Gasteiger partial charge in [0.05, 0.1) is 7.11 Å². The second-order valence-corrected chi connectivity index (χ2v) is 5.72. The maximum Gasteiger partial charge on any atom is 0.410 e. The van der Waals surface area contributed by atoms with E-state index in [1.54, 1.807) is 0 Å². The minimum absolute atomic E-state index is 0.192. The molecule has 0 heterocycles. The first-order chi connectivity index (χ1) is 10.9. The number of amides is 1. The second-order valence-electron chi connectivity index (χ2n) is 5.72. The molecule has 0 spiro atoms. The van der Waals surface area contributed by atoms with Gasteiger partial charge >= 0.3 is 12.1 Å². The third-order valence-electron chi connectivity index (χ3n) is 3.33. The molecule has 0 N–H and O–H groups in total. The van der Waals surface area contributed by atoms with E-state index in [1.165, 1.54) is 12.0 Å². The van der Waals surface area contributed by atoms with Crippen LogP contribution in [0.25, 0.3) is 0 Å². The molecule has 0 aromatic heterocycles. The molecule has 5 nitrogen and oxygen atoms in total. The van der Waals surface area contributed by atoms with Crippen LogP contribution in [-0.2, 0) is 14.3 Å². The van der Waals surface area contributed by atoms with E-state index in [1.807, 2.05) is 52.8 Å². The van der Waals surface area contributed by atoms with Crippen LogP contribution in [0.15, 0.2) is 23.8 Å². The number of methoxy groups -OCH3 is 1. The largest absolute Gasteiger partial charge is 0.467 e. The molecule has 0 fully saturated rings. The Labute approximate surface area is 140 Å². The molecule has 0 saturated carbocycles. The zero-order valence-electron chi connectivity index (χ0n) is 15.3. The summed E-state index contributed by atoms with van der Waals surface area (Å²) in [6.07, 6.45) is 6.78. The van der Waals surface area contributed by atoms with E-state index in [0.29, 0.717) is 13.0 Å². The number of ether oxygens (including phenoxy) is 2. The van der Waals surface area contributed by atoms with E-state index in [2.05, 4.69) is 0 Å². The monoisotopic (exact) mass is 325 g/mol. The van der Waals surface area contributed by atoms with Gasteiger partial charge in [-0.3, -0.25) is 4.90 Å². The van der Waals surface area contributed by atoms with E-state index >= 15 is 0 Å². The average molecular weight is 325 g/mol. The number of esters is 1. The number of hydrogen-bond acceptors (Lipinski definition) is 4. The molecule has 0 bridgehead atoms. The van der Waals surface area contributed by atoms with E-state index in [9.17, 15) is 9.59 Å². The van der Waals surface area contributed by atoms with Crippen molar-refractivity contribution in [3.8, 4) is 0 Å². The summed E-state index contributed by atoms with van der Waals surface area (Å²) < 4.78 is 10.2. The number of allylic oxidation sites excluding steroid dienone is 2. The Kier molecular flexibility index (Phi) is 10.8. The number of carbonyl (C=O) groups excluding carboxylic acids is 2. The van der Waals surface area contributed by atoms with Crippen LogP contribution in [0.1, 0.15) is 47.5 Å². The molecule has 0 aliphatic carbocycles. The second kappa shape index (κ2) is 11.7. The van der Waals surface area contributed by atoms with Gasteiger partial charge in [-0.25, -0.2) is 9.59 Å². The summed E-state index contributed by atoms with van der Waals surface area (Å²) in [5.41, 5.74) is 0.927. The normalized spacial score (nSPS) is 13.3. The predicted octanol–water partition coefficient (Wildman–Crippen LogP) is 3.95. The van der Waals surface area contributed by atoms with Gasteiger partial charge in [0, 0.05) is 6.54 Å². The van der Waals surface area contributed by atoms with Gasteiger partial charge in [-0.05, 0) is 31.3 Å². The molecule has 1 amide bonds. The van der Waals surface area contributed by atoms with Crippen LogP contribution in [0.3, 0.4) is 0 Å². The van der Waals surface area contributed by atoms with Crippen molar-refractivity contribution in [1.29, 1.82) is 0 Å². The van der Waals surface area contributed by atoms with E-state index < -0.39 is 18.1 Å². The third-order valence-corrected chi connectivity index (χ3v) is 3.33. The Morgan fingerprint density at radius 3 is 2.30 bits per heavy atom. The SMILES string of the molecule is C/C=C(\C=C/CC)COC(=O)N(CC(C)C)C(CC)C(=O)OC. The molecule has 1 atom stereocenters. The Morgan fingerprint density at radius 2 is 1.87 bits per heavy atom. The molecular formula is C18H31NO4. The molecule has 0 aromatic rings. The van der Waals surface area contributed by atoms with E-state index in [4.69, 9.17) is 9.47 Å². The molecule has 23 heavy (non-hydrogen) atoms. The summed E-state index contributed by atoms with van der Waals surface area (Å²) in [5.74, 6) is -0.190. The van der Waals surface area contributed by atoms with Crippen LogP contribution in [0.4, 0.5) is 4.79 Å². The maximum absolute atomic E-state index is 12.4. The molecule has 0 aliphatic heterocycles. The lowest BCUT2D eigenvalue weighted by atomic mass is 10.1. The lowest BCUT2D eigenvalue weighted by Crippen LogP contribution is -2.47. The Bertz CT molecular complexity index is 427. The van der Waals surface area contributed by atoms with Gasteiger partial charge in [0.2, 0.25) is 0 Å². The van der Waals surface area contributed by atoms with Crippen molar-refractivity contribution in [3.05, 3.63) is 23.8 Å². The van der Waals surface area contributed by atoms with Crippen LogP contribution in [0, 0.1) is 5.92 Å². The summed E-state index contributed by atoms with van der Waals surface area (Å²) in [6.45, 7) is 10.4. The number of hydrogen-bond donors (Lipinski definition) is 0. The Morgan fingerprint density at radius 1 is 1.22 bits per heavy atom. The molecule has 0 aromatic carbocycles. The van der Waals surface area contributed by atoms with Crippen molar-refractivity contribution in [2.45, 2.75) is 53.5 Å². The van der Waals surface area contributed by atoms with Gasteiger partial charge in [0.15, 0.2) is 0 Å². The highest BCUT2D eigenvalue weighted by molar-refractivity contribution is 5.81. The van der Waals surface area contributed by atoms with Crippen LogP contribution in [0.5, 0.6) is 0 Å². The van der Waals surface area contributed by atoms with Crippen molar-refractivity contribution in [3.63, 3.8) is 0 Å². The highest BCUT2D eigenvalue weighted by atomic mass is 16.6. The fourth-order valence-electron chi connectivity index (χ4n) is 2.10. The summed E-state index contributed by atoms with van der Waals surface area (Å²) in [7, 11) is 1.33. The molecule has 132 valence electrons. The standard InChI is InChI=1S/C18H31NO4/c1-7-10-11-15(8-2)13-23-18(21)19(12-14(4)5)16(9-3)17(20)22-6/h8,10-11,14,16H,7,9,12-13H2,1-6H3/b11-10-,15-8+. The molecule has 0 rings (SSSR count). The summed E-state index contributed by atoms with van der Waals surface area (Å²) >= 11 is 0. The van der Waals surface area contributed by atoms with Gasteiger partial charge in [0.1, 0.15) is 12.6 Å². The molecular weight excluding hydrogens is 294 g/mol. The highest BCUT2D eigenvalue weighted by Crippen LogP contribution is 2.13. The van der Waals surface area contributed by atoms with Gasteiger partial charge in [-0.15, -0.1) is 0 Å². The fraction of sp³-hybridized carbons (Fsp3) is 0.667. The van der Waals surface area contributed by atoms with Crippen molar-refractivity contribution in [2.24, 2.45) is 5.92 Å². The Hall–Kier alpha value is -1.78.